The van der Waals surface area contributed by atoms with Crippen LogP contribution in [0.3, 0.4) is 0 Å². The molecule has 1 aliphatic heterocycles. The molecule has 0 saturated carbocycles. The maximum Gasteiger partial charge on any atom is 0.244 e. The van der Waals surface area contributed by atoms with Crippen LogP contribution in [0, 0.1) is 0 Å². The van der Waals surface area contributed by atoms with E-state index < -0.39 is 22.0 Å². The van der Waals surface area contributed by atoms with Gasteiger partial charge in [-0.15, -0.1) is 0 Å². The van der Waals surface area contributed by atoms with Crippen molar-refractivity contribution >= 4 is 27.7 Å². The summed E-state index contributed by atoms with van der Waals surface area (Å²) < 4.78 is 44.1. The summed E-state index contributed by atoms with van der Waals surface area (Å²) in [6, 6.07) is 10.8. The number of methoxy groups -OCH3 is 1. The number of carbonyl (C=O) groups is 1. The smallest absolute Gasteiger partial charge is 0.244 e. The van der Waals surface area contributed by atoms with Crippen LogP contribution in [0.1, 0.15) is 12.0 Å². The molecule has 0 radical (unpaired) electrons. The molecule has 2 aromatic rings. The fraction of sp³-hybridized carbons (Fsp3) is 0.350. The topological polar surface area (TPSA) is 103 Å². The van der Waals surface area contributed by atoms with E-state index in [1.807, 2.05) is 12.3 Å². The largest absolute Gasteiger partial charge is 0.495 e. The van der Waals surface area contributed by atoms with Crippen molar-refractivity contribution in [3.05, 3.63) is 48.0 Å². The predicted molar refractivity (Wildman–Crippen MR) is 115 cm³/mol. The van der Waals surface area contributed by atoms with Gasteiger partial charge in [0, 0.05) is 6.54 Å². The van der Waals surface area contributed by atoms with Crippen LogP contribution in [-0.4, -0.2) is 46.3 Å². The summed E-state index contributed by atoms with van der Waals surface area (Å²) in [7, 11) is -2.55. The molecule has 0 saturated heterocycles. The maximum absolute atomic E-state index is 12.9. The van der Waals surface area contributed by atoms with E-state index in [1.54, 1.807) is 30.3 Å². The SMILES string of the molecule is COc1ccccc1S(=O)(=O)N[C@H](CCSC)C(=O)NCc1ccc2c(c1)OCO2. The molecule has 162 valence electrons. The van der Waals surface area contributed by atoms with Crippen LogP contribution in [-0.2, 0) is 21.4 Å². The first-order valence-electron chi connectivity index (χ1n) is 9.25. The zero-order chi connectivity index (χ0) is 21.6. The minimum Gasteiger partial charge on any atom is -0.495 e. The van der Waals surface area contributed by atoms with E-state index in [0.29, 0.717) is 23.7 Å². The Morgan fingerprint density at radius 3 is 2.73 bits per heavy atom. The normalized spacial score (nSPS) is 13.7. The summed E-state index contributed by atoms with van der Waals surface area (Å²) in [4.78, 5) is 12.8. The van der Waals surface area contributed by atoms with Crippen molar-refractivity contribution in [2.75, 3.05) is 25.9 Å². The lowest BCUT2D eigenvalue weighted by molar-refractivity contribution is -0.122. The van der Waals surface area contributed by atoms with Crippen LogP contribution in [0.4, 0.5) is 0 Å². The lowest BCUT2D eigenvalue weighted by atomic mass is 10.2. The van der Waals surface area contributed by atoms with E-state index in [9.17, 15) is 13.2 Å². The Hall–Kier alpha value is -2.43. The third-order valence-electron chi connectivity index (χ3n) is 4.49. The Balaban J connectivity index is 1.70. The van der Waals surface area contributed by atoms with Crippen molar-refractivity contribution in [1.29, 1.82) is 0 Å². The van der Waals surface area contributed by atoms with Crippen LogP contribution in [0.15, 0.2) is 47.4 Å². The summed E-state index contributed by atoms with van der Waals surface area (Å²) in [5, 5.41) is 2.80. The Morgan fingerprint density at radius 2 is 1.97 bits per heavy atom. The highest BCUT2D eigenvalue weighted by Crippen LogP contribution is 2.32. The molecule has 1 atom stereocenters. The van der Waals surface area contributed by atoms with Crippen LogP contribution < -0.4 is 24.2 Å². The van der Waals surface area contributed by atoms with Gasteiger partial charge in [-0.2, -0.15) is 16.5 Å². The zero-order valence-electron chi connectivity index (χ0n) is 16.7. The third kappa shape index (κ3) is 5.38. The van der Waals surface area contributed by atoms with Crippen LogP contribution in [0.5, 0.6) is 17.2 Å². The Labute approximate surface area is 180 Å². The summed E-state index contributed by atoms with van der Waals surface area (Å²) in [6.45, 7) is 0.411. The van der Waals surface area contributed by atoms with Crippen molar-refractivity contribution in [2.45, 2.75) is 23.9 Å². The molecule has 0 spiro atoms. The van der Waals surface area contributed by atoms with Crippen molar-refractivity contribution in [3.63, 3.8) is 0 Å². The van der Waals surface area contributed by atoms with Gasteiger partial charge in [-0.25, -0.2) is 8.42 Å². The molecular weight excluding hydrogens is 428 g/mol. The first-order chi connectivity index (χ1) is 14.4. The summed E-state index contributed by atoms with van der Waals surface area (Å²) in [6.07, 6.45) is 2.25. The average molecular weight is 453 g/mol. The van der Waals surface area contributed by atoms with E-state index in [0.717, 1.165) is 5.56 Å². The Morgan fingerprint density at radius 1 is 1.20 bits per heavy atom. The molecule has 0 unspecified atom stereocenters. The average Bonchev–Trinajstić information content (AvgIpc) is 3.22. The van der Waals surface area contributed by atoms with Crippen molar-refractivity contribution in [1.82, 2.24) is 10.0 Å². The van der Waals surface area contributed by atoms with Gasteiger partial charge in [0.05, 0.1) is 7.11 Å². The van der Waals surface area contributed by atoms with Crippen molar-refractivity contribution in [3.8, 4) is 17.2 Å². The molecule has 0 aromatic heterocycles. The first-order valence-corrected chi connectivity index (χ1v) is 12.1. The lowest BCUT2D eigenvalue weighted by Gasteiger charge is -2.19. The Bertz CT molecular complexity index is 997. The molecule has 0 fully saturated rings. The van der Waals surface area contributed by atoms with Gasteiger partial charge < -0.3 is 19.5 Å². The van der Waals surface area contributed by atoms with Gasteiger partial charge in [0.15, 0.2) is 11.5 Å². The second-order valence-electron chi connectivity index (χ2n) is 6.51. The number of para-hydroxylation sites is 1. The molecule has 30 heavy (non-hydrogen) atoms. The van der Waals surface area contributed by atoms with Gasteiger partial charge in [-0.3, -0.25) is 4.79 Å². The van der Waals surface area contributed by atoms with Gasteiger partial charge >= 0.3 is 0 Å². The highest BCUT2D eigenvalue weighted by Gasteiger charge is 2.27. The second kappa shape index (κ2) is 10.1. The van der Waals surface area contributed by atoms with Gasteiger partial charge in [0.25, 0.3) is 0 Å². The minimum atomic E-state index is -3.95. The highest BCUT2D eigenvalue weighted by atomic mass is 32.2. The number of carbonyl (C=O) groups excluding carboxylic acids is 1. The van der Waals surface area contributed by atoms with Crippen LogP contribution in [0.25, 0.3) is 0 Å². The number of benzene rings is 2. The van der Waals surface area contributed by atoms with E-state index in [1.165, 1.54) is 24.9 Å². The molecule has 1 heterocycles. The van der Waals surface area contributed by atoms with Crippen molar-refractivity contribution in [2.24, 2.45) is 0 Å². The second-order valence-corrected chi connectivity index (χ2v) is 9.18. The Kier molecular flexibility index (Phi) is 7.46. The number of hydrogen-bond acceptors (Lipinski definition) is 7. The van der Waals surface area contributed by atoms with Crippen LogP contribution >= 0.6 is 11.8 Å². The molecule has 0 bridgehead atoms. The number of amides is 1. The molecule has 1 amide bonds. The molecule has 2 N–H and O–H groups in total. The number of thioether (sulfide) groups is 1. The summed E-state index contributed by atoms with van der Waals surface area (Å²) in [5.74, 6) is 1.72. The highest BCUT2D eigenvalue weighted by molar-refractivity contribution is 7.98. The number of ether oxygens (including phenoxy) is 3. The number of rotatable bonds is 10. The summed E-state index contributed by atoms with van der Waals surface area (Å²) in [5.41, 5.74) is 0.823. The van der Waals surface area contributed by atoms with Crippen molar-refractivity contribution < 1.29 is 27.4 Å². The summed E-state index contributed by atoms with van der Waals surface area (Å²) >= 11 is 1.53. The maximum atomic E-state index is 12.9. The first kappa shape index (κ1) is 22.3. The molecule has 0 aliphatic carbocycles. The van der Waals surface area contributed by atoms with Crippen LogP contribution in [0.2, 0.25) is 0 Å². The van der Waals surface area contributed by atoms with Gasteiger partial charge in [-0.05, 0) is 48.3 Å². The molecule has 2 aromatic carbocycles. The van der Waals surface area contributed by atoms with E-state index >= 15 is 0 Å². The number of hydrogen-bond donors (Lipinski definition) is 2. The monoisotopic (exact) mass is 452 g/mol. The third-order valence-corrected chi connectivity index (χ3v) is 6.64. The quantitative estimate of drug-likeness (QED) is 0.569. The zero-order valence-corrected chi connectivity index (χ0v) is 18.3. The van der Waals surface area contributed by atoms with E-state index in [4.69, 9.17) is 14.2 Å². The van der Waals surface area contributed by atoms with Gasteiger partial charge in [0.2, 0.25) is 22.7 Å². The molecule has 10 heteroatoms. The van der Waals surface area contributed by atoms with Gasteiger partial charge in [0.1, 0.15) is 16.7 Å². The van der Waals surface area contributed by atoms with Gasteiger partial charge in [-0.1, -0.05) is 18.2 Å². The van der Waals surface area contributed by atoms with E-state index in [-0.39, 0.29) is 24.0 Å². The fourth-order valence-corrected chi connectivity index (χ4v) is 4.81. The number of nitrogens with one attached hydrogen (secondary N) is 2. The molecular formula is C20H24N2O6S2. The number of fused-ring (bicyclic) bond motifs is 1. The van der Waals surface area contributed by atoms with E-state index in [2.05, 4.69) is 10.0 Å². The lowest BCUT2D eigenvalue weighted by Crippen LogP contribution is -2.46. The molecule has 8 nitrogen and oxygen atoms in total. The number of sulfonamides is 1. The molecule has 3 rings (SSSR count). The fourth-order valence-electron chi connectivity index (χ4n) is 2.93. The standard InChI is InChI=1S/C20H24N2O6S2/c1-26-17-5-3-4-6-19(17)30(24,25)22-15(9-10-29-2)20(23)21-12-14-7-8-16-18(11-14)28-13-27-16/h3-8,11,15,22H,9-10,12-13H2,1-2H3,(H,21,23)/t15-/m1/s1. The predicted octanol–water partition coefficient (Wildman–Crippen LogP) is 2.14. The minimum absolute atomic E-state index is 0.00905. The molecule has 1 aliphatic rings.